The van der Waals surface area contributed by atoms with Crippen LogP contribution in [0.5, 0.6) is 5.75 Å². The molecule has 0 radical (unpaired) electrons. The van der Waals surface area contributed by atoms with Gasteiger partial charge in [-0.2, -0.15) is 0 Å². The number of aliphatic hydroxyl groups excluding tert-OH is 1. The first kappa shape index (κ1) is 19.4. The Morgan fingerprint density at radius 3 is 2.66 bits per heavy atom. The molecule has 0 saturated carbocycles. The Morgan fingerprint density at radius 2 is 1.93 bits per heavy atom. The summed E-state index contributed by atoms with van der Waals surface area (Å²) >= 11 is 0. The van der Waals surface area contributed by atoms with Crippen LogP contribution in [0.3, 0.4) is 0 Å². The monoisotopic (exact) mass is 396 g/mol. The van der Waals surface area contributed by atoms with Crippen LogP contribution >= 0.6 is 0 Å². The van der Waals surface area contributed by atoms with Gasteiger partial charge in [-0.3, -0.25) is 9.59 Å². The molecule has 1 N–H and O–H groups in total. The number of ether oxygens (including phenoxy) is 2. The first-order chi connectivity index (χ1) is 14.1. The van der Waals surface area contributed by atoms with Gasteiger partial charge in [0, 0.05) is 30.8 Å². The summed E-state index contributed by atoms with van der Waals surface area (Å²) in [6, 6.07) is 14.2. The van der Waals surface area contributed by atoms with Crippen molar-refractivity contribution in [1.82, 2.24) is 4.90 Å². The molecule has 2 aliphatic rings. The standard InChI is InChI=1S/C22H24N2O5/c1-28-13-20(26)24-18-11-23(22(27)14-6-5-7-15(10-14)29-2)17-9-4-3-8-16(17)21(18)19(24)12-25/h3-10,18-19,21,25H,11-13H2,1-2H3/t18-,19+,21+/m0/s1. The number of fused-ring (bicyclic) bond motifs is 3. The van der Waals surface area contributed by atoms with Gasteiger partial charge in [-0.1, -0.05) is 24.3 Å². The topological polar surface area (TPSA) is 79.3 Å². The molecule has 2 heterocycles. The third kappa shape index (κ3) is 3.16. The molecule has 0 spiro atoms. The van der Waals surface area contributed by atoms with Gasteiger partial charge in [0.15, 0.2) is 0 Å². The van der Waals surface area contributed by atoms with Crippen LogP contribution in [0.15, 0.2) is 48.5 Å². The Labute approximate surface area is 169 Å². The Morgan fingerprint density at radius 1 is 1.14 bits per heavy atom. The van der Waals surface area contributed by atoms with E-state index in [1.54, 1.807) is 41.2 Å². The lowest BCUT2D eigenvalue weighted by atomic mass is 9.71. The molecule has 0 aromatic heterocycles. The number of nitrogens with zero attached hydrogens (tertiary/aromatic N) is 2. The number of rotatable bonds is 5. The molecular weight excluding hydrogens is 372 g/mol. The minimum Gasteiger partial charge on any atom is -0.497 e. The van der Waals surface area contributed by atoms with Crippen LogP contribution in [0.1, 0.15) is 21.8 Å². The zero-order valence-electron chi connectivity index (χ0n) is 16.4. The molecule has 29 heavy (non-hydrogen) atoms. The van der Waals surface area contributed by atoms with Gasteiger partial charge in [-0.25, -0.2) is 0 Å². The van der Waals surface area contributed by atoms with Gasteiger partial charge >= 0.3 is 0 Å². The number of methoxy groups -OCH3 is 2. The molecule has 152 valence electrons. The van der Waals surface area contributed by atoms with Crippen molar-refractivity contribution in [3.63, 3.8) is 0 Å². The molecule has 0 aliphatic carbocycles. The first-order valence-corrected chi connectivity index (χ1v) is 9.56. The fourth-order valence-electron chi connectivity index (χ4n) is 4.54. The van der Waals surface area contributed by atoms with Gasteiger partial charge < -0.3 is 24.4 Å². The van der Waals surface area contributed by atoms with Gasteiger partial charge in [0.25, 0.3) is 5.91 Å². The normalized spacial score (nSPS) is 22.4. The molecule has 2 aliphatic heterocycles. The number of carbonyl (C=O) groups is 2. The van der Waals surface area contributed by atoms with Crippen molar-refractivity contribution in [3.05, 3.63) is 59.7 Å². The Balaban J connectivity index is 1.71. The lowest BCUT2D eigenvalue weighted by Gasteiger charge is -2.58. The second kappa shape index (κ2) is 7.85. The smallest absolute Gasteiger partial charge is 0.258 e. The van der Waals surface area contributed by atoms with Gasteiger partial charge in [0.05, 0.1) is 25.8 Å². The van der Waals surface area contributed by atoms with E-state index in [-0.39, 0.29) is 43.0 Å². The van der Waals surface area contributed by atoms with E-state index in [1.807, 2.05) is 24.3 Å². The molecule has 4 rings (SSSR count). The average molecular weight is 396 g/mol. The number of para-hydroxylation sites is 1. The molecule has 1 fully saturated rings. The van der Waals surface area contributed by atoms with Crippen LogP contribution in [-0.4, -0.2) is 67.9 Å². The van der Waals surface area contributed by atoms with E-state index in [0.717, 1.165) is 11.3 Å². The largest absolute Gasteiger partial charge is 0.497 e. The summed E-state index contributed by atoms with van der Waals surface area (Å²) < 4.78 is 10.3. The summed E-state index contributed by atoms with van der Waals surface area (Å²) in [5, 5.41) is 9.92. The molecule has 0 unspecified atom stereocenters. The molecule has 0 bridgehead atoms. The number of aliphatic hydroxyl groups is 1. The van der Waals surface area contributed by atoms with Crippen molar-refractivity contribution in [3.8, 4) is 5.75 Å². The minimum atomic E-state index is -0.308. The SMILES string of the molecule is COCC(=O)N1[C@H](CO)[C@@H]2c3ccccc3N(C(=O)c3cccc(OC)c3)C[C@@H]21. The maximum absolute atomic E-state index is 13.4. The molecule has 2 amide bonds. The van der Waals surface area contributed by atoms with Crippen LogP contribution < -0.4 is 9.64 Å². The third-order valence-corrected chi connectivity index (χ3v) is 5.80. The van der Waals surface area contributed by atoms with E-state index in [0.29, 0.717) is 17.9 Å². The van der Waals surface area contributed by atoms with Crippen LogP contribution in [0, 0.1) is 0 Å². The lowest BCUT2D eigenvalue weighted by molar-refractivity contribution is -0.154. The van der Waals surface area contributed by atoms with Gasteiger partial charge in [0.1, 0.15) is 12.4 Å². The number of carbonyl (C=O) groups excluding carboxylic acids is 2. The molecule has 2 aromatic carbocycles. The van der Waals surface area contributed by atoms with Crippen molar-refractivity contribution in [2.75, 3.05) is 38.9 Å². The lowest BCUT2D eigenvalue weighted by Crippen LogP contribution is -2.71. The molecule has 1 saturated heterocycles. The van der Waals surface area contributed by atoms with Crippen molar-refractivity contribution < 1.29 is 24.2 Å². The Kier molecular flexibility index (Phi) is 5.25. The number of anilines is 1. The molecule has 7 heteroatoms. The molecule has 3 atom stereocenters. The molecular formula is C22H24N2O5. The summed E-state index contributed by atoms with van der Waals surface area (Å²) in [7, 11) is 3.03. The van der Waals surface area contributed by atoms with E-state index in [2.05, 4.69) is 0 Å². The van der Waals surface area contributed by atoms with E-state index in [9.17, 15) is 14.7 Å². The highest BCUT2D eigenvalue weighted by atomic mass is 16.5. The summed E-state index contributed by atoms with van der Waals surface area (Å²) in [5.74, 6) is 0.272. The highest BCUT2D eigenvalue weighted by Crippen LogP contribution is 2.48. The van der Waals surface area contributed by atoms with Crippen LogP contribution in [0.4, 0.5) is 5.69 Å². The second-order valence-electron chi connectivity index (χ2n) is 7.28. The van der Waals surface area contributed by atoms with Crippen LogP contribution in [0.2, 0.25) is 0 Å². The van der Waals surface area contributed by atoms with Crippen molar-refractivity contribution in [1.29, 1.82) is 0 Å². The second-order valence-corrected chi connectivity index (χ2v) is 7.28. The average Bonchev–Trinajstić information content (AvgIpc) is 2.74. The number of amides is 2. The molecule has 7 nitrogen and oxygen atoms in total. The maximum atomic E-state index is 13.4. The number of hydrogen-bond acceptors (Lipinski definition) is 5. The predicted octanol–water partition coefficient (Wildman–Crippen LogP) is 1.66. The van der Waals surface area contributed by atoms with Crippen LogP contribution in [0.25, 0.3) is 0 Å². The summed E-state index contributed by atoms with van der Waals surface area (Å²) in [6.45, 7) is 0.184. The van der Waals surface area contributed by atoms with Gasteiger partial charge in [-0.15, -0.1) is 0 Å². The fraction of sp³-hybridized carbons (Fsp3) is 0.364. The first-order valence-electron chi connectivity index (χ1n) is 9.56. The number of likely N-dealkylation sites (tertiary alicyclic amines) is 1. The van der Waals surface area contributed by atoms with E-state index in [1.165, 1.54) is 7.11 Å². The zero-order chi connectivity index (χ0) is 20.5. The minimum absolute atomic E-state index is 0.00799. The zero-order valence-corrected chi connectivity index (χ0v) is 16.4. The molecule has 2 aromatic rings. The summed E-state index contributed by atoms with van der Waals surface area (Å²) in [5.41, 5.74) is 2.31. The van der Waals surface area contributed by atoms with Crippen LogP contribution in [-0.2, 0) is 9.53 Å². The third-order valence-electron chi connectivity index (χ3n) is 5.80. The highest BCUT2D eigenvalue weighted by Gasteiger charge is 2.55. The Hall–Kier alpha value is -2.90. The van der Waals surface area contributed by atoms with Gasteiger partial charge in [0.2, 0.25) is 5.91 Å². The van der Waals surface area contributed by atoms with Gasteiger partial charge in [-0.05, 0) is 29.8 Å². The summed E-state index contributed by atoms with van der Waals surface area (Å²) in [4.78, 5) is 29.3. The quantitative estimate of drug-likeness (QED) is 0.832. The van der Waals surface area contributed by atoms with Crippen molar-refractivity contribution in [2.45, 2.75) is 18.0 Å². The maximum Gasteiger partial charge on any atom is 0.258 e. The van der Waals surface area contributed by atoms with E-state index in [4.69, 9.17) is 9.47 Å². The Bertz CT molecular complexity index is 931. The van der Waals surface area contributed by atoms with Crippen molar-refractivity contribution >= 4 is 17.5 Å². The fourth-order valence-corrected chi connectivity index (χ4v) is 4.54. The van der Waals surface area contributed by atoms with E-state index < -0.39 is 0 Å². The van der Waals surface area contributed by atoms with E-state index >= 15 is 0 Å². The predicted molar refractivity (Wildman–Crippen MR) is 107 cm³/mol. The number of benzene rings is 2. The van der Waals surface area contributed by atoms with Crippen molar-refractivity contribution in [2.24, 2.45) is 0 Å². The highest BCUT2D eigenvalue weighted by molar-refractivity contribution is 6.07. The number of hydrogen-bond donors (Lipinski definition) is 1. The summed E-state index contributed by atoms with van der Waals surface area (Å²) in [6.07, 6.45) is 0.